The molecule has 0 saturated carbocycles. The molecule has 0 N–H and O–H groups in total. The molecule has 460 valence electrons. The molecule has 15 rings (SSSR count). The fraction of sp³-hybridized carbons (Fsp3) is 0.193. The van der Waals surface area contributed by atoms with Crippen LogP contribution in [0.1, 0.15) is 129 Å². The van der Waals surface area contributed by atoms with Crippen LogP contribution in [-0.4, -0.2) is 4.98 Å². The van der Waals surface area contributed by atoms with Gasteiger partial charge in [-0.05, 0) is 133 Å². The first-order valence-corrected chi connectivity index (χ1v) is 34.9. The van der Waals surface area contributed by atoms with Crippen LogP contribution in [0.4, 0.5) is 0 Å². The van der Waals surface area contributed by atoms with E-state index in [-0.39, 0.29) is 10.8 Å². The number of hydrogen-bond acceptors (Lipinski definition) is 4. The first kappa shape index (κ1) is 64.7. The van der Waals surface area contributed by atoms with Crippen molar-refractivity contribution in [3.8, 4) is 44.8 Å². The molecule has 0 aliphatic rings. The molecular formula is C88H85NS3. The number of pyridine rings is 1. The van der Waals surface area contributed by atoms with Gasteiger partial charge >= 0.3 is 0 Å². The third-order valence-corrected chi connectivity index (χ3v) is 20.6. The predicted octanol–water partition coefficient (Wildman–Crippen LogP) is 27.6. The molecule has 15 aromatic rings. The Balaban J connectivity index is 0.000000119. The third kappa shape index (κ3) is 15.4. The Labute approximate surface area is 558 Å². The molecule has 0 aliphatic carbocycles. The molecule has 0 atom stereocenters. The van der Waals surface area contributed by atoms with E-state index < -0.39 is 0 Å². The van der Waals surface area contributed by atoms with Gasteiger partial charge < -0.3 is 0 Å². The minimum atomic E-state index is 0.0933. The molecule has 0 fully saturated rings. The number of aromatic nitrogens is 1. The predicted molar refractivity (Wildman–Crippen MR) is 410 cm³/mol. The molecule has 0 amide bonds. The summed E-state index contributed by atoms with van der Waals surface area (Å²) in [7, 11) is 0. The van der Waals surface area contributed by atoms with E-state index in [1.165, 1.54) is 111 Å². The maximum absolute atomic E-state index is 4.89. The minimum Gasteiger partial charge on any atom is -0.248 e. The topological polar surface area (TPSA) is 12.9 Å². The summed E-state index contributed by atoms with van der Waals surface area (Å²) in [6.07, 6.45) is 0. The lowest BCUT2D eigenvalue weighted by atomic mass is 9.83. The molecule has 0 aliphatic heterocycles. The molecule has 11 aromatic carbocycles. The minimum absolute atomic E-state index is 0.0933. The van der Waals surface area contributed by atoms with E-state index in [1.807, 2.05) is 46.1 Å². The van der Waals surface area contributed by atoms with Gasteiger partial charge in [0.15, 0.2) is 0 Å². The van der Waals surface area contributed by atoms with E-state index in [0.29, 0.717) is 17.8 Å². The molecule has 92 heavy (non-hydrogen) atoms. The van der Waals surface area contributed by atoms with Crippen molar-refractivity contribution >= 4 is 94.5 Å². The Morgan fingerprint density at radius 3 is 1.11 bits per heavy atom. The van der Waals surface area contributed by atoms with Crippen molar-refractivity contribution < 1.29 is 0 Å². The van der Waals surface area contributed by atoms with E-state index in [9.17, 15) is 0 Å². The fourth-order valence-electron chi connectivity index (χ4n) is 11.6. The molecule has 0 radical (unpaired) electrons. The molecular weight excluding hydrogens is 1170 g/mol. The van der Waals surface area contributed by atoms with Gasteiger partial charge in [-0.25, -0.2) is 4.98 Å². The van der Waals surface area contributed by atoms with Gasteiger partial charge in [-0.15, -0.1) is 34.0 Å². The van der Waals surface area contributed by atoms with Crippen LogP contribution in [0.5, 0.6) is 0 Å². The SMILES string of the molecule is CC(C)(C)c1cc(-c2ccccc2)cc(-c2ccccc2)c1.CC(C)(C)c1cc(-c2ccccc2)nc(-c2ccccc2)c1.CC(C)c1ccc2c(c1)sc1ccccc12.CC(C)c1ccc2sc3ccccc3c2c1.CC(C)c1cccc2c1sc1ccccc12. The molecule has 4 heteroatoms. The number of rotatable bonds is 7. The highest BCUT2D eigenvalue weighted by atomic mass is 32.1. The van der Waals surface area contributed by atoms with Crippen LogP contribution < -0.4 is 0 Å². The van der Waals surface area contributed by atoms with Gasteiger partial charge in [0.25, 0.3) is 0 Å². The van der Waals surface area contributed by atoms with Crippen molar-refractivity contribution in [3.63, 3.8) is 0 Å². The molecule has 4 aromatic heterocycles. The van der Waals surface area contributed by atoms with Crippen LogP contribution in [-0.2, 0) is 10.8 Å². The van der Waals surface area contributed by atoms with Crippen LogP contribution >= 0.6 is 34.0 Å². The second-order valence-electron chi connectivity index (χ2n) is 26.9. The molecule has 0 bridgehead atoms. The summed E-state index contributed by atoms with van der Waals surface area (Å²) in [6.45, 7) is 27.0. The summed E-state index contributed by atoms with van der Waals surface area (Å²) in [5.74, 6) is 1.80. The third-order valence-electron chi connectivity index (χ3n) is 17.0. The van der Waals surface area contributed by atoms with E-state index in [2.05, 4.69) is 350 Å². The van der Waals surface area contributed by atoms with E-state index in [4.69, 9.17) is 4.98 Å². The Hall–Kier alpha value is -8.77. The van der Waals surface area contributed by atoms with E-state index in [1.54, 1.807) is 0 Å². The van der Waals surface area contributed by atoms with Gasteiger partial charge in [0.1, 0.15) is 0 Å². The van der Waals surface area contributed by atoms with Crippen LogP contribution in [0.15, 0.2) is 279 Å². The van der Waals surface area contributed by atoms with Crippen molar-refractivity contribution in [2.45, 2.75) is 112 Å². The highest BCUT2D eigenvalue weighted by Crippen LogP contribution is 2.40. The first-order chi connectivity index (χ1) is 44.4. The average molecular weight is 1250 g/mol. The zero-order valence-electron chi connectivity index (χ0n) is 55.5. The standard InChI is InChI=1S/C22H22.C21H21N.3C15H14S/c1-22(2,3)21-15-19(17-10-6-4-7-11-17)14-20(16-21)18-12-8-5-9-13-18;1-21(2,3)18-14-19(16-10-6-4-7-11-16)22-20(15-18)17-12-8-5-9-13-17;1-10(2)11-7-5-8-13-12-6-3-4-9-14(12)16-15(11)13;1-10(2)11-7-8-15-13(9-11)12-5-3-4-6-14(12)16-15;1-10(2)11-7-8-13-12-5-3-4-6-14(12)16-15(13)9-11/h4-16H,1-3H3;4-15H,1-3H3;3*3-10H,1-2H3. The zero-order chi connectivity index (χ0) is 64.5. The average Bonchev–Trinajstić information content (AvgIpc) is 1.68. The van der Waals surface area contributed by atoms with Crippen molar-refractivity contribution in [2.75, 3.05) is 0 Å². The van der Waals surface area contributed by atoms with Gasteiger partial charge in [0.2, 0.25) is 0 Å². The fourth-order valence-corrected chi connectivity index (χ4v) is 15.2. The first-order valence-electron chi connectivity index (χ1n) is 32.5. The van der Waals surface area contributed by atoms with E-state index in [0.717, 1.165) is 22.5 Å². The Bertz CT molecular complexity index is 4630. The number of benzene rings is 11. The second kappa shape index (κ2) is 28.8. The maximum atomic E-state index is 4.89. The summed E-state index contributed by atoms with van der Waals surface area (Å²) in [6, 6.07) is 99.7. The zero-order valence-corrected chi connectivity index (χ0v) is 57.9. The molecule has 0 saturated heterocycles. The second-order valence-corrected chi connectivity index (χ2v) is 30.1. The van der Waals surface area contributed by atoms with Crippen molar-refractivity contribution in [1.29, 1.82) is 0 Å². The van der Waals surface area contributed by atoms with Gasteiger partial charge in [-0.3, -0.25) is 0 Å². The quantitative estimate of drug-likeness (QED) is 0.155. The van der Waals surface area contributed by atoms with Crippen LogP contribution in [0, 0.1) is 0 Å². The highest BCUT2D eigenvalue weighted by Gasteiger charge is 2.19. The van der Waals surface area contributed by atoms with Crippen molar-refractivity contribution in [3.05, 3.63) is 307 Å². The monoisotopic (exact) mass is 1250 g/mol. The molecule has 1 nitrogen and oxygen atoms in total. The number of thiophene rings is 3. The Kier molecular flexibility index (Phi) is 20.3. The summed E-state index contributed by atoms with van der Waals surface area (Å²) in [4.78, 5) is 4.89. The largest absolute Gasteiger partial charge is 0.248 e. The lowest BCUT2D eigenvalue weighted by molar-refractivity contribution is 0.590. The van der Waals surface area contributed by atoms with Crippen LogP contribution in [0.2, 0.25) is 0 Å². The summed E-state index contributed by atoms with van der Waals surface area (Å²) < 4.78 is 8.43. The summed E-state index contributed by atoms with van der Waals surface area (Å²) in [5, 5.41) is 8.39. The van der Waals surface area contributed by atoms with Crippen molar-refractivity contribution in [2.24, 2.45) is 0 Å². The number of fused-ring (bicyclic) bond motifs is 9. The summed E-state index contributed by atoms with van der Waals surface area (Å²) in [5.41, 5.74) is 16.7. The number of hydrogen-bond donors (Lipinski definition) is 0. The van der Waals surface area contributed by atoms with Crippen molar-refractivity contribution in [1.82, 2.24) is 4.98 Å². The van der Waals surface area contributed by atoms with Gasteiger partial charge in [0.05, 0.1) is 11.4 Å². The number of nitrogens with zero attached hydrogens (tertiary/aromatic N) is 1. The lowest BCUT2D eigenvalue weighted by Crippen LogP contribution is -2.12. The smallest absolute Gasteiger partial charge is 0.0712 e. The Morgan fingerprint density at radius 1 is 0.261 bits per heavy atom. The van der Waals surface area contributed by atoms with Gasteiger partial charge in [-0.2, -0.15) is 0 Å². The van der Waals surface area contributed by atoms with E-state index >= 15 is 0 Å². The molecule has 0 unspecified atom stereocenters. The molecule has 4 heterocycles. The van der Waals surface area contributed by atoms with Gasteiger partial charge in [0, 0.05) is 71.6 Å². The Morgan fingerprint density at radius 2 is 0.630 bits per heavy atom. The lowest BCUT2D eigenvalue weighted by Gasteiger charge is -2.21. The van der Waals surface area contributed by atoms with Gasteiger partial charge in [-0.1, -0.05) is 308 Å². The maximum Gasteiger partial charge on any atom is 0.0712 e. The summed E-state index contributed by atoms with van der Waals surface area (Å²) >= 11 is 5.69. The normalized spacial score (nSPS) is 11.6. The van der Waals surface area contributed by atoms with Crippen LogP contribution in [0.25, 0.3) is 105 Å². The van der Waals surface area contributed by atoms with Crippen LogP contribution in [0.3, 0.4) is 0 Å². The highest BCUT2D eigenvalue weighted by molar-refractivity contribution is 7.26. The molecule has 0 spiro atoms.